The minimum absolute atomic E-state index is 0.160. The van der Waals surface area contributed by atoms with E-state index in [1.165, 1.54) is 0 Å². The molecule has 3 nitrogen and oxygen atoms in total. The highest BCUT2D eigenvalue weighted by molar-refractivity contribution is 5.76. The number of fused-ring (bicyclic) bond motifs is 1. The molecule has 15 heavy (non-hydrogen) atoms. The SMILES string of the molecule is CCc1nc2ccccc2n1C(C)C#N. The second-order valence-electron chi connectivity index (χ2n) is 3.55. The number of aryl methyl sites for hydroxylation is 1. The zero-order chi connectivity index (χ0) is 10.8. The van der Waals surface area contributed by atoms with Gasteiger partial charge in [-0.05, 0) is 19.1 Å². The first-order chi connectivity index (χ1) is 7.27. The molecule has 3 heteroatoms. The normalized spacial score (nSPS) is 12.6. The van der Waals surface area contributed by atoms with Crippen LogP contribution < -0.4 is 0 Å². The van der Waals surface area contributed by atoms with Crippen molar-refractivity contribution < 1.29 is 0 Å². The van der Waals surface area contributed by atoms with Gasteiger partial charge in [-0.1, -0.05) is 19.1 Å². The standard InChI is InChI=1S/C12H13N3/c1-3-12-14-10-6-4-5-7-11(10)15(12)9(2)8-13/h4-7,9H,3H2,1-2H3. The van der Waals surface area contributed by atoms with E-state index in [0.29, 0.717) is 0 Å². The molecule has 0 radical (unpaired) electrons. The second-order valence-corrected chi connectivity index (χ2v) is 3.55. The number of para-hydroxylation sites is 2. The molecule has 0 aliphatic carbocycles. The molecule has 0 spiro atoms. The Morgan fingerprint density at radius 1 is 1.47 bits per heavy atom. The van der Waals surface area contributed by atoms with E-state index in [9.17, 15) is 0 Å². The maximum Gasteiger partial charge on any atom is 0.120 e. The summed E-state index contributed by atoms with van der Waals surface area (Å²) in [6.45, 7) is 3.95. The van der Waals surface area contributed by atoms with Gasteiger partial charge in [-0.25, -0.2) is 4.98 Å². The first kappa shape index (κ1) is 9.72. The van der Waals surface area contributed by atoms with Crippen molar-refractivity contribution in [2.45, 2.75) is 26.3 Å². The summed E-state index contributed by atoms with van der Waals surface area (Å²) in [7, 11) is 0. The third-order valence-corrected chi connectivity index (χ3v) is 2.56. The van der Waals surface area contributed by atoms with Gasteiger partial charge in [0.1, 0.15) is 11.9 Å². The van der Waals surface area contributed by atoms with E-state index in [1.807, 2.05) is 35.8 Å². The molecule has 76 valence electrons. The van der Waals surface area contributed by atoms with Crippen molar-refractivity contribution >= 4 is 11.0 Å². The maximum absolute atomic E-state index is 8.99. The van der Waals surface area contributed by atoms with Crippen LogP contribution in [0.1, 0.15) is 25.7 Å². The fraction of sp³-hybridized carbons (Fsp3) is 0.333. The maximum atomic E-state index is 8.99. The summed E-state index contributed by atoms with van der Waals surface area (Å²) in [5, 5.41) is 8.99. The number of nitrogens with zero attached hydrogens (tertiary/aromatic N) is 3. The quantitative estimate of drug-likeness (QED) is 0.746. The Labute approximate surface area is 89.0 Å². The Kier molecular flexibility index (Phi) is 2.42. The molecule has 1 heterocycles. The van der Waals surface area contributed by atoms with E-state index in [1.54, 1.807) is 0 Å². The lowest BCUT2D eigenvalue weighted by Crippen LogP contribution is -2.06. The van der Waals surface area contributed by atoms with Crippen molar-refractivity contribution in [2.75, 3.05) is 0 Å². The summed E-state index contributed by atoms with van der Waals surface area (Å²) < 4.78 is 2.01. The van der Waals surface area contributed by atoms with Crippen LogP contribution in [0, 0.1) is 11.3 Å². The number of benzene rings is 1. The van der Waals surface area contributed by atoms with Crippen molar-refractivity contribution in [3.63, 3.8) is 0 Å². The molecule has 1 atom stereocenters. The molecule has 0 amide bonds. The van der Waals surface area contributed by atoms with Crippen LogP contribution in [0.5, 0.6) is 0 Å². The van der Waals surface area contributed by atoms with Gasteiger partial charge in [-0.15, -0.1) is 0 Å². The molecule has 0 saturated heterocycles. The van der Waals surface area contributed by atoms with Crippen molar-refractivity contribution in [3.8, 4) is 6.07 Å². The molecule has 0 aliphatic heterocycles. The van der Waals surface area contributed by atoms with Crippen molar-refractivity contribution in [1.82, 2.24) is 9.55 Å². The van der Waals surface area contributed by atoms with Gasteiger partial charge in [-0.2, -0.15) is 5.26 Å². The van der Waals surface area contributed by atoms with Gasteiger partial charge in [0.25, 0.3) is 0 Å². The van der Waals surface area contributed by atoms with Gasteiger partial charge >= 0.3 is 0 Å². The predicted molar refractivity (Wildman–Crippen MR) is 59.4 cm³/mol. The Morgan fingerprint density at radius 3 is 2.87 bits per heavy atom. The highest BCUT2D eigenvalue weighted by Gasteiger charge is 2.13. The van der Waals surface area contributed by atoms with Crippen molar-refractivity contribution in [1.29, 1.82) is 5.26 Å². The average molecular weight is 199 g/mol. The van der Waals surface area contributed by atoms with Gasteiger partial charge in [0.05, 0.1) is 17.1 Å². The minimum atomic E-state index is -0.160. The summed E-state index contributed by atoms with van der Waals surface area (Å²) in [5.74, 6) is 0.977. The molecular formula is C12H13N3. The van der Waals surface area contributed by atoms with Gasteiger partial charge in [0.2, 0.25) is 0 Å². The Balaban J connectivity index is 2.73. The number of imidazole rings is 1. The smallest absolute Gasteiger partial charge is 0.120 e. The van der Waals surface area contributed by atoms with Crippen LogP contribution in [0.3, 0.4) is 0 Å². The van der Waals surface area contributed by atoms with Gasteiger partial charge < -0.3 is 4.57 Å². The largest absolute Gasteiger partial charge is 0.311 e. The summed E-state index contributed by atoms with van der Waals surface area (Å²) in [6, 6.07) is 10.0. The number of hydrogen-bond acceptors (Lipinski definition) is 2. The van der Waals surface area contributed by atoms with E-state index < -0.39 is 0 Å². The highest BCUT2D eigenvalue weighted by Crippen LogP contribution is 2.20. The first-order valence-corrected chi connectivity index (χ1v) is 5.13. The van der Waals surface area contributed by atoms with Crippen LogP contribution >= 0.6 is 0 Å². The van der Waals surface area contributed by atoms with E-state index >= 15 is 0 Å². The zero-order valence-electron chi connectivity index (χ0n) is 8.94. The minimum Gasteiger partial charge on any atom is -0.311 e. The summed E-state index contributed by atoms with van der Waals surface area (Å²) in [4.78, 5) is 4.51. The molecule has 2 aromatic rings. The van der Waals surface area contributed by atoms with Crippen LogP contribution in [-0.4, -0.2) is 9.55 Å². The molecule has 0 aliphatic rings. The molecule has 0 N–H and O–H groups in total. The lowest BCUT2D eigenvalue weighted by Gasteiger charge is -2.09. The van der Waals surface area contributed by atoms with Crippen LogP contribution in [-0.2, 0) is 6.42 Å². The van der Waals surface area contributed by atoms with Crippen LogP contribution in [0.15, 0.2) is 24.3 Å². The van der Waals surface area contributed by atoms with Crippen LogP contribution in [0.2, 0.25) is 0 Å². The van der Waals surface area contributed by atoms with Gasteiger partial charge in [0.15, 0.2) is 0 Å². The lowest BCUT2D eigenvalue weighted by molar-refractivity contribution is 0.652. The van der Waals surface area contributed by atoms with Gasteiger partial charge in [0, 0.05) is 6.42 Å². The zero-order valence-corrected chi connectivity index (χ0v) is 8.94. The lowest BCUT2D eigenvalue weighted by atomic mass is 10.3. The number of hydrogen-bond donors (Lipinski definition) is 0. The second kappa shape index (κ2) is 3.74. The molecule has 1 aromatic heterocycles. The number of aromatic nitrogens is 2. The molecule has 0 bridgehead atoms. The van der Waals surface area contributed by atoms with E-state index in [2.05, 4.69) is 18.0 Å². The molecule has 2 rings (SSSR count). The number of rotatable bonds is 2. The predicted octanol–water partition coefficient (Wildman–Crippen LogP) is 2.68. The molecule has 1 aromatic carbocycles. The fourth-order valence-corrected chi connectivity index (χ4v) is 1.83. The third-order valence-electron chi connectivity index (χ3n) is 2.56. The number of nitriles is 1. The highest BCUT2D eigenvalue weighted by atomic mass is 15.1. The topological polar surface area (TPSA) is 41.6 Å². The fourth-order valence-electron chi connectivity index (χ4n) is 1.83. The van der Waals surface area contributed by atoms with E-state index in [0.717, 1.165) is 23.3 Å². The molecule has 1 unspecified atom stereocenters. The Bertz CT molecular complexity index is 519. The monoisotopic (exact) mass is 199 g/mol. The average Bonchev–Trinajstić information content (AvgIpc) is 2.66. The van der Waals surface area contributed by atoms with Crippen molar-refractivity contribution in [3.05, 3.63) is 30.1 Å². The summed E-state index contributed by atoms with van der Waals surface area (Å²) in [5.41, 5.74) is 2.01. The van der Waals surface area contributed by atoms with Crippen LogP contribution in [0.25, 0.3) is 11.0 Å². The summed E-state index contributed by atoms with van der Waals surface area (Å²) in [6.07, 6.45) is 0.848. The summed E-state index contributed by atoms with van der Waals surface area (Å²) >= 11 is 0. The first-order valence-electron chi connectivity index (χ1n) is 5.13. The molecule has 0 saturated carbocycles. The van der Waals surface area contributed by atoms with E-state index in [4.69, 9.17) is 5.26 Å². The van der Waals surface area contributed by atoms with E-state index in [-0.39, 0.29) is 6.04 Å². The Hall–Kier alpha value is -1.82. The molecular weight excluding hydrogens is 186 g/mol. The van der Waals surface area contributed by atoms with Crippen molar-refractivity contribution in [2.24, 2.45) is 0 Å². The van der Waals surface area contributed by atoms with Gasteiger partial charge in [-0.3, -0.25) is 0 Å². The molecule has 0 fully saturated rings. The Morgan fingerprint density at radius 2 is 2.20 bits per heavy atom. The third kappa shape index (κ3) is 1.48. The van der Waals surface area contributed by atoms with Crippen LogP contribution in [0.4, 0.5) is 0 Å².